The van der Waals surface area contributed by atoms with Gasteiger partial charge in [0.1, 0.15) is 0 Å². The number of hydrogen-bond acceptors (Lipinski definition) is 6. The smallest absolute Gasteiger partial charge is 0.290 e. The summed E-state index contributed by atoms with van der Waals surface area (Å²) in [5.41, 5.74) is 2.34. The van der Waals surface area contributed by atoms with Crippen LogP contribution in [0, 0.1) is 13.8 Å². The van der Waals surface area contributed by atoms with Crippen molar-refractivity contribution >= 4 is 11.9 Å². The second kappa shape index (κ2) is 12.0. The highest BCUT2D eigenvalue weighted by atomic mass is 17.3. The van der Waals surface area contributed by atoms with Gasteiger partial charge in [-0.2, -0.15) is 0 Å². The zero-order valence-corrected chi connectivity index (χ0v) is 17.2. The highest BCUT2D eigenvalue weighted by molar-refractivity contribution is 5.91. The maximum absolute atomic E-state index is 12.2. The Balaban J connectivity index is 1.93. The highest BCUT2D eigenvalue weighted by Gasteiger charge is 2.20. The first-order valence-corrected chi connectivity index (χ1v) is 9.89. The number of hydrogen-bond donors (Lipinski definition) is 0. The molecular weight excluding hydrogens is 372 g/mol. The second-order valence-electron chi connectivity index (χ2n) is 6.84. The zero-order chi connectivity index (χ0) is 21.1. The fourth-order valence-corrected chi connectivity index (χ4v) is 2.74. The predicted molar refractivity (Wildman–Crippen MR) is 108 cm³/mol. The average Bonchev–Trinajstić information content (AvgIpc) is 2.72. The second-order valence-corrected chi connectivity index (χ2v) is 6.84. The van der Waals surface area contributed by atoms with Gasteiger partial charge in [0.25, 0.3) is 0 Å². The van der Waals surface area contributed by atoms with Crippen molar-refractivity contribution in [3.8, 4) is 0 Å². The Morgan fingerprint density at radius 2 is 1.24 bits per heavy atom. The van der Waals surface area contributed by atoms with Gasteiger partial charge in [-0.1, -0.05) is 62.6 Å². The Labute approximate surface area is 171 Å². The van der Waals surface area contributed by atoms with Gasteiger partial charge in [0.2, 0.25) is 6.29 Å². The molecule has 0 radical (unpaired) electrons. The third kappa shape index (κ3) is 7.33. The molecular formula is C23H28O6. The molecule has 0 aliphatic heterocycles. The zero-order valence-electron chi connectivity index (χ0n) is 17.2. The van der Waals surface area contributed by atoms with E-state index in [-0.39, 0.29) is 0 Å². The Morgan fingerprint density at radius 3 is 1.69 bits per heavy atom. The number of rotatable bonds is 11. The van der Waals surface area contributed by atoms with Gasteiger partial charge >= 0.3 is 11.9 Å². The summed E-state index contributed by atoms with van der Waals surface area (Å²) in [6.45, 7) is 5.72. The summed E-state index contributed by atoms with van der Waals surface area (Å²) in [5.74, 6) is -1.26. The lowest BCUT2D eigenvalue weighted by Crippen LogP contribution is -2.22. The van der Waals surface area contributed by atoms with Crippen LogP contribution in [0.15, 0.2) is 48.5 Å². The van der Waals surface area contributed by atoms with E-state index in [4.69, 9.17) is 19.6 Å². The van der Waals surface area contributed by atoms with Crippen LogP contribution in [0.1, 0.15) is 70.9 Å². The molecule has 0 atom stereocenters. The Hall–Kier alpha value is -2.70. The monoisotopic (exact) mass is 400 g/mol. The van der Waals surface area contributed by atoms with Gasteiger partial charge < -0.3 is 0 Å². The molecule has 0 aliphatic carbocycles. The van der Waals surface area contributed by atoms with Crippen LogP contribution in [0.5, 0.6) is 0 Å². The number of aryl methyl sites for hydroxylation is 2. The fraction of sp³-hybridized carbons (Fsp3) is 0.391. The van der Waals surface area contributed by atoms with E-state index < -0.39 is 18.2 Å². The summed E-state index contributed by atoms with van der Waals surface area (Å²) in [5, 5.41) is 0. The van der Waals surface area contributed by atoms with Crippen LogP contribution in [-0.4, -0.2) is 18.2 Å². The van der Waals surface area contributed by atoms with Gasteiger partial charge in [-0.25, -0.2) is 9.59 Å². The quantitative estimate of drug-likeness (QED) is 0.215. The van der Waals surface area contributed by atoms with E-state index in [1.165, 1.54) is 0 Å². The molecule has 2 aromatic rings. The fourth-order valence-electron chi connectivity index (χ4n) is 2.74. The van der Waals surface area contributed by atoms with Crippen molar-refractivity contribution in [1.29, 1.82) is 0 Å². The van der Waals surface area contributed by atoms with E-state index in [0.29, 0.717) is 17.5 Å². The number of benzene rings is 2. The van der Waals surface area contributed by atoms with Crippen molar-refractivity contribution in [2.75, 3.05) is 0 Å². The molecule has 0 N–H and O–H groups in total. The molecule has 0 unspecified atom stereocenters. The number of carbonyl (C=O) groups excluding carboxylic acids is 2. The highest BCUT2D eigenvalue weighted by Crippen LogP contribution is 2.15. The number of carbonyl (C=O) groups is 2. The van der Waals surface area contributed by atoms with Crippen molar-refractivity contribution in [2.45, 2.75) is 59.2 Å². The summed E-state index contributed by atoms with van der Waals surface area (Å²) in [6.07, 6.45) is 3.31. The first kappa shape index (κ1) is 22.6. The maximum Gasteiger partial charge on any atom is 0.373 e. The Morgan fingerprint density at radius 1 is 0.759 bits per heavy atom. The summed E-state index contributed by atoms with van der Waals surface area (Å²) in [7, 11) is 0. The van der Waals surface area contributed by atoms with Gasteiger partial charge in [0, 0.05) is 6.42 Å². The normalized spacial score (nSPS) is 10.8. The Kier molecular flexibility index (Phi) is 9.34. The maximum atomic E-state index is 12.2. The van der Waals surface area contributed by atoms with E-state index in [0.717, 1.165) is 36.8 Å². The van der Waals surface area contributed by atoms with Gasteiger partial charge in [-0.3, -0.25) is 9.78 Å². The molecule has 6 nitrogen and oxygen atoms in total. The minimum absolute atomic E-state index is 0.397. The van der Waals surface area contributed by atoms with Gasteiger partial charge in [0.05, 0.1) is 11.1 Å². The predicted octanol–water partition coefficient (Wildman–Crippen LogP) is 5.48. The molecule has 6 heteroatoms. The molecule has 2 rings (SSSR count). The van der Waals surface area contributed by atoms with Crippen LogP contribution >= 0.6 is 0 Å². The Bertz CT molecular complexity index is 740. The topological polar surface area (TPSA) is 71.1 Å². The molecule has 29 heavy (non-hydrogen) atoms. The lowest BCUT2D eigenvalue weighted by atomic mass is 10.1. The van der Waals surface area contributed by atoms with E-state index in [9.17, 15) is 9.59 Å². The molecule has 0 saturated carbocycles. The molecule has 0 amide bonds. The minimum Gasteiger partial charge on any atom is -0.290 e. The van der Waals surface area contributed by atoms with Crippen LogP contribution in [0.2, 0.25) is 0 Å². The van der Waals surface area contributed by atoms with Gasteiger partial charge in [-0.05, 0) is 43.5 Å². The van der Waals surface area contributed by atoms with Crippen molar-refractivity contribution in [3.05, 3.63) is 70.8 Å². The van der Waals surface area contributed by atoms with Crippen molar-refractivity contribution in [2.24, 2.45) is 0 Å². The standard InChI is InChI=1S/C23H28O6/c1-4-5-6-7-16-21(26-28-22(24)19-14-10-8-12-17(19)2)27-29-23(25)20-15-11-9-13-18(20)3/h8-15,21H,4-7,16H2,1-3H3. The lowest BCUT2D eigenvalue weighted by molar-refractivity contribution is -0.421. The molecule has 0 fully saturated rings. The molecule has 0 aliphatic rings. The van der Waals surface area contributed by atoms with E-state index in [1.54, 1.807) is 50.2 Å². The SMILES string of the molecule is CCCCCCC(OOC(=O)c1ccccc1C)OOC(=O)c1ccccc1C. The molecule has 0 spiro atoms. The summed E-state index contributed by atoms with van der Waals surface area (Å²) < 4.78 is 0. The molecule has 2 aromatic carbocycles. The lowest BCUT2D eigenvalue weighted by Gasteiger charge is -2.15. The van der Waals surface area contributed by atoms with E-state index in [1.807, 2.05) is 12.1 Å². The third-order valence-corrected chi connectivity index (χ3v) is 4.49. The average molecular weight is 400 g/mol. The van der Waals surface area contributed by atoms with Crippen molar-refractivity contribution in [1.82, 2.24) is 0 Å². The van der Waals surface area contributed by atoms with E-state index in [2.05, 4.69) is 6.92 Å². The molecule has 0 aromatic heterocycles. The summed E-state index contributed by atoms with van der Waals surface area (Å²) >= 11 is 0. The van der Waals surface area contributed by atoms with E-state index >= 15 is 0 Å². The third-order valence-electron chi connectivity index (χ3n) is 4.49. The number of unbranched alkanes of at least 4 members (excludes halogenated alkanes) is 3. The van der Waals surface area contributed by atoms with Gasteiger partial charge in [-0.15, -0.1) is 9.78 Å². The first-order valence-electron chi connectivity index (χ1n) is 9.89. The summed E-state index contributed by atoms with van der Waals surface area (Å²) in [4.78, 5) is 44.7. The first-order chi connectivity index (χ1) is 14.0. The summed E-state index contributed by atoms with van der Waals surface area (Å²) in [6, 6.07) is 14.1. The molecule has 156 valence electrons. The largest absolute Gasteiger partial charge is 0.373 e. The van der Waals surface area contributed by atoms with Crippen LogP contribution in [-0.2, 0) is 19.6 Å². The van der Waals surface area contributed by atoms with Crippen LogP contribution < -0.4 is 0 Å². The van der Waals surface area contributed by atoms with Crippen molar-refractivity contribution in [3.63, 3.8) is 0 Å². The molecule has 0 heterocycles. The molecule has 0 saturated heterocycles. The van der Waals surface area contributed by atoms with Crippen LogP contribution in [0.25, 0.3) is 0 Å². The molecule has 0 bridgehead atoms. The van der Waals surface area contributed by atoms with Crippen molar-refractivity contribution < 1.29 is 29.1 Å². The van der Waals surface area contributed by atoms with Gasteiger partial charge in [0.15, 0.2) is 0 Å². The van der Waals surface area contributed by atoms with Crippen LogP contribution in [0.3, 0.4) is 0 Å². The van der Waals surface area contributed by atoms with Crippen LogP contribution in [0.4, 0.5) is 0 Å². The minimum atomic E-state index is -1.01.